The van der Waals surface area contributed by atoms with Crippen LogP contribution >= 0.6 is 0 Å². The minimum Gasteiger partial charge on any atom is -0.393 e. The van der Waals surface area contributed by atoms with Gasteiger partial charge in [0.05, 0.1) is 19.3 Å². The van der Waals surface area contributed by atoms with Crippen molar-refractivity contribution < 1.29 is 14.6 Å². The number of anilines is 1. The Labute approximate surface area is 193 Å². The van der Waals surface area contributed by atoms with Crippen molar-refractivity contribution in [2.24, 2.45) is 23.2 Å². The van der Waals surface area contributed by atoms with Crippen LogP contribution in [0.25, 0.3) is 0 Å². The zero-order valence-corrected chi connectivity index (χ0v) is 20.0. The summed E-state index contributed by atoms with van der Waals surface area (Å²) in [7, 11) is 4.21. The van der Waals surface area contributed by atoms with Crippen LogP contribution < -0.4 is 4.90 Å². The molecule has 0 amide bonds. The molecule has 174 valence electrons. The first kappa shape index (κ1) is 21.2. The number of benzene rings is 1. The summed E-state index contributed by atoms with van der Waals surface area (Å²) in [6, 6.07) is 9.25. The second kappa shape index (κ2) is 7.58. The van der Waals surface area contributed by atoms with E-state index in [1.165, 1.54) is 30.5 Å². The summed E-state index contributed by atoms with van der Waals surface area (Å²) < 4.78 is 12.3. The number of allylic oxidation sites excluding steroid dienone is 2. The number of fused-ring (bicyclic) bond motifs is 4. The predicted molar refractivity (Wildman–Crippen MR) is 127 cm³/mol. The summed E-state index contributed by atoms with van der Waals surface area (Å²) in [5.74, 6) is 2.00. The predicted octanol–water partition coefficient (Wildman–Crippen LogP) is 5.27. The van der Waals surface area contributed by atoms with E-state index >= 15 is 0 Å². The molecular formula is C28H39NO3. The highest BCUT2D eigenvalue weighted by Crippen LogP contribution is 2.64. The zero-order valence-electron chi connectivity index (χ0n) is 20.0. The molecule has 1 spiro atoms. The smallest absolute Gasteiger partial charge is 0.169 e. The van der Waals surface area contributed by atoms with Gasteiger partial charge in [0.2, 0.25) is 0 Å². The molecule has 0 bridgehead atoms. The summed E-state index contributed by atoms with van der Waals surface area (Å²) in [5, 5.41) is 11.1. The average Bonchev–Trinajstić information content (AvgIpc) is 3.37. The van der Waals surface area contributed by atoms with Gasteiger partial charge in [-0.2, -0.15) is 0 Å². The van der Waals surface area contributed by atoms with Gasteiger partial charge in [0, 0.05) is 38.5 Å². The van der Waals surface area contributed by atoms with Crippen LogP contribution in [0.15, 0.2) is 35.4 Å². The summed E-state index contributed by atoms with van der Waals surface area (Å²) in [6.45, 7) is 3.89. The molecular weight excluding hydrogens is 398 g/mol. The van der Waals surface area contributed by atoms with E-state index < -0.39 is 0 Å². The normalized spacial score (nSPS) is 40.2. The molecule has 6 atom stereocenters. The Morgan fingerprint density at radius 3 is 2.44 bits per heavy atom. The number of aliphatic hydroxyl groups excluding tert-OH is 1. The van der Waals surface area contributed by atoms with Gasteiger partial charge in [0.25, 0.3) is 0 Å². The maximum atomic E-state index is 11.1. The van der Waals surface area contributed by atoms with Crippen LogP contribution in [0.1, 0.15) is 69.8 Å². The van der Waals surface area contributed by atoms with Gasteiger partial charge < -0.3 is 19.5 Å². The monoisotopic (exact) mass is 437 g/mol. The lowest BCUT2D eigenvalue weighted by molar-refractivity contribution is -0.181. The molecule has 0 aromatic heterocycles. The van der Waals surface area contributed by atoms with Gasteiger partial charge in [0.1, 0.15) is 0 Å². The van der Waals surface area contributed by atoms with Crippen LogP contribution in [0.3, 0.4) is 0 Å². The van der Waals surface area contributed by atoms with E-state index in [1.54, 1.807) is 11.1 Å². The summed E-state index contributed by atoms with van der Waals surface area (Å²) >= 11 is 0. The van der Waals surface area contributed by atoms with E-state index in [4.69, 9.17) is 9.47 Å². The minimum atomic E-state index is -0.308. The number of hydrogen-bond acceptors (Lipinski definition) is 4. The Kier molecular flexibility index (Phi) is 5.02. The molecule has 1 aliphatic heterocycles. The molecule has 1 N–H and O–H groups in total. The third kappa shape index (κ3) is 3.13. The molecule has 4 aliphatic carbocycles. The van der Waals surface area contributed by atoms with Gasteiger partial charge in [-0.3, -0.25) is 0 Å². The molecule has 1 saturated heterocycles. The molecule has 6 rings (SSSR count). The van der Waals surface area contributed by atoms with Crippen molar-refractivity contribution in [3.05, 3.63) is 41.0 Å². The molecule has 1 aromatic carbocycles. The van der Waals surface area contributed by atoms with Gasteiger partial charge in [-0.05, 0) is 79.4 Å². The second-order valence-corrected chi connectivity index (χ2v) is 11.6. The van der Waals surface area contributed by atoms with E-state index in [1.807, 2.05) is 0 Å². The Morgan fingerprint density at radius 2 is 1.72 bits per heavy atom. The fraction of sp³-hybridized carbons (Fsp3) is 0.714. The quantitative estimate of drug-likeness (QED) is 0.640. The Morgan fingerprint density at radius 1 is 0.969 bits per heavy atom. The zero-order chi connectivity index (χ0) is 22.1. The number of aliphatic hydroxyl groups is 1. The fourth-order valence-electron chi connectivity index (χ4n) is 8.26. The number of hydrogen-bond donors (Lipinski definition) is 1. The van der Waals surface area contributed by atoms with Gasteiger partial charge in [0.15, 0.2) is 5.79 Å². The van der Waals surface area contributed by atoms with Crippen LogP contribution in [0.5, 0.6) is 0 Å². The molecule has 4 fully saturated rings. The third-order valence-electron chi connectivity index (χ3n) is 9.91. The van der Waals surface area contributed by atoms with Crippen molar-refractivity contribution in [3.8, 4) is 0 Å². The van der Waals surface area contributed by atoms with Crippen molar-refractivity contribution in [2.75, 3.05) is 32.2 Å². The van der Waals surface area contributed by atoms with Gasteiger partial charge >= 0.3 is 0 Å². The first-order valence-electron chi connectivity index (χ1n) is 12.9. The number of rotatable bonds is 2. The van der Waals surface area contributed by atoms with Crippen LogP contribution in [-0.4, -0.2) is 44.3 Å². The molecule has 4 nitrogen and oxygen atoms in total. The Hall–Kier alpha value is -1.36. The average molecular weight is 438 g/mol. The van der Waals surface area contributed by atoms with Crippen LogP contribution in [-0.2, 0) is 9.47 Å². The van der Waals surface area contributed by atoms with Crippen molar-refractivity contribution in [1.82, 2.24) is 0 Å². The van der Waals surface area contributed by atoms with E-state index in [0.717, 1.165) is 45.3 Å². The van der Waals surface area contributed by atoms with Gasteiger partial charge in [-0.15, -0.1) is 0 Å². The SMILES string of the molecule is CN(C)c1ccc(C2CC3(C)C(O)CCC3C3CCC4CC5(CCC4=C23)OCCO5)cc1. The van der Waals surface area contributed by atoms with E-state index in [2.05, 4.69) is 50.2 Å². The molecule has 5 aliphatic rings. The van der Waals surface area contributed by atoms with Crippen molar-refractivity contribution >= 4 is 5.69 Å². The molecule has 1 heterocycles. The first-order chi connectivity index (χ1) is 15.4. The van der Waals surface area contributed by atoms with Crippen molar-refractivity contribution in [3.63, 3.8) is 0 Å². The lowest BCUT2D eigenvalue weighted by Crippen LogP contribution is -2.47. The fourth-order valence-corrected chi connectivity index (χ4v) is 8.26. The minimum absolute atomic E-state index is 0.0417. The van der Waals surface area contributed by atoms with Crippen molar-refractivity contribution in [1.29, 1.82) is 0 Å². The lowest BCUT2D eigenvalue weighted by Gasteiger charge is -2.54. The maximum Gasteiger partial charge on any atom is 0.169 e. The largest absolute Gasteiger partial charge is 0.393 e. The second-order valence-electron chi connectivity index (χ2n) is 11.6. The van der Waals surface area contributed by atoms with Gasteiger partial charge in [-0.1, -0.05) is 30.2 Å². The molecule has 6 unspecified atom stereocenters. The van der Waals surface area contributed by atoms with E-state index in [0.29, 0.717) is 23.7 Å². The highest BCUT2D eigenvalue weighted by molar-refractivity contribution is 5.49. The van der Waals surface area contributed by atoms with Crippen LogP contribution in [0.4, 0.5) is 5.69 Å². The molecule has 1 aromatic rings. The maximum absolute atomic E-state index is 11.1. The Bertz CT molecular complexity index is 900. The van der Waals surface area contributed by atoms with Crippen LogP contribution in [0, 0.1) is 23.2 Å². The lowest BCUT2D eigenvalue weighted by atomic mass is 9.52. The highest BCUT2D eigenvalue weighted by Gasteiger charge is 2.57. The Balaban J connectivity index is 1.42. The third-order valence-corrected chi connectivity index (χ3v) is 9.91. The number of nitrogens with zero attached hydrogens (tertiary/aromatic N) is 1. The molecule has 4 heteroatoms. The van der Waals surface area contributed by atoms with Crippen LogP contribution in [0.2, 0.25) is 0 Å². The topological polar surface area (TPSA) is 41.9 Å². The summed E-state index contributed by atoms with van der Waals surface area (Å²) in [5.41, 5.74) is 6.22. The highest BCUT2D eigenvalue weighted by atomic mass is 16.7. The molecule has 3 saturated carbocycles. The molecule has 0 radical (unpaired) electrons. The molecule has 32 heavy (non-hydrogen) atoms. The van der Waals surface area contributed by atoms with E-state index in [9.17, 15) is 5.11 Å². The summed E-state index contributed by atoms with van der Waals surface area (Å²) in [4.78, 5) is 2.17. The van der Waals surface area contributed by atoms with Crippen molar-refractivity contribution in [2.45, 2.75) is 76.1 Å². The standard InChI is InChI=1S/C28H39NO3/c1-27-17-23(18-4-7-20(8-5-18)29(2)3)26-21-12-13-28(31-14-15-32-28)16-19(21)6-9-22(26)24(27)10-11-25(27)30/h4-5,7-8,19,22-25,30H,6,9-17H2,1-3H3. The number of ether oxygens (including phenoxy) is 2. The summed E-state index contributed by atoms with van der Waals surface area (Å²) in [6.07, 6.45) is 8.77. The van der Waals surface area contributed by atoms with E-state index in [-0.39, 0.29) is 17.3 Å². The first-order valence-corrected chi connectivity index (χ1v) is 12.9. The van der Waals surface area contributed by atoms with Gasteiger partial charge in [-0.25, -0.2) is 0 Å².